The zero-order valence-electron chi connectivity index (χ0n) is 11.9. The van der Waals surface area contributed by atoms with E-state index in [0.717, 1.165) is 31.6 Å². The van der Waals surface area contributed by atoms with Crippen LogP contribution in [-0.4, -0.2) is 35.4 Å². The maximum absolute atomic E-state index is 12.6. The first-order valence-electron chi connectivity index (χ1n) is 7.22. The van der Waals surface area contributed by atoms with E-state index >= 15 is 0 Å². The van der Waals surface area contributed by atoms with Crippen LogP contribution in [0.1, 0.15) is 49.5 Å². The molecule has 4 heteroatoms. The van der Waals surface area contributed by atoms with Gasteiger partial charge in [0, 0.05) is 19.6 Å². The van der Waals surface area contributed by atoms with E-state index in [2.05, 4.69) is 17.2 Å². The molecule has 1 fully saturated rings. The number of rotatable bonds is 3. The van der Waals surface area contributed by atoms with E-state index in [1.807, 2.05) is 24.1 Å². The smallest absolute Gasteiger partial charge is 0.272 e. The average molecular weight is 261 g/mol. The second kappa shape index (κ2) is 6.55. The maximum Gasteiger partial charge on any atom is 0.272 e. The van der Waals surface area contributed by atoms with Crippen molar-refractivity contribution in [3.8, 4) is 0 Å². The predicted molar refractivity (Wildman–Crippen MR) is 77.4 cm³/mol. The molecule has 2 heterocycles. The molecule has 1 aromatic heterocycles. The molecule has 1 saturated heterocycles. The Hall–Kier alpha value is -1.58. The highest BCUT2D eigenvalue weighted by molar-refractivity contribution is 5.93. The van der Waals surface area contributed by atoms with E-state index in [0.29, 0.717) is 11.7 Å². The number of carbonyl (C=O) groups is 1. The van der Waals surface area contributed by atoms with Crippen molar-refractivity contribution in [2.24, 2.45) is 0 Å². The van der Waals surface area contributed by atoms with Crippen LogP contribution in [0.2, 0.25) is 0 Å². The lowest BCUT2D eigenvalue weighted by atomic mass is 10.1. The molecule has 0 spiro atoms. The number of hydrogen-bond acceptors (Lipinski definition) is 3. The zero-order chi connectivity index (χ0) is 13.7. The molecule has 4 nitrogen and oxygen atoms in total. The predicted octanol–water partition coefficient (Wildman–Crippen LogP) is 2.92. The molecule has 1 aromatic rings. The fourth-order valence-electron chi connectivity index (χ4n) is 2.71. The number of hydrogen-bond donors (Lipinski definition) is 1. The molecule has 0 bridgehead atoms. The van der Waals surface area contributed by atoms with Gasteiger partial charge in [-0.05, 0) is 31.4 Å². The molecule has 0 aliphatic carbocycles. The average Bonchev–Trinajstić information content (AvgIpc) is 2.71. The van der Waals surface area contributed by atoms with E-state index in [9.17, 15) is 4.79 Å². The van der Waals surface area contributed by atoms with E-state index < -0.39 is 0 Å². The lowest BCUT2D eigenvalue weighted by molar-refractivity contribution is 0.0672. The van der Waals surface area contributed by atoms with E-state index in [1.165, 1.54) is 12.8 Å². The third-order valence-corrected chi connectivity index (χ3v) is 3.83. The summed E-state index contributed by atoms with van der Waals surface area (Å²) < 4.78 is 0. The molecule has 2 rings (SSSR count). The molecular weight excluding hydrogens is 238 g/mol. The van der Waals surface area contributed by atoms with Crippen LogP contribution in [-0.2, 0) is 0 Å². The minimum atomic E-state index is 0.0749. The summed E-state index contributed by atoms with van der Waals surface area (Å²) in [5.74, 6) is 0.819. The molecule has 1 atom stereocenters. The standard InChI is InChI=1S/C15H23N3O/c1-3-12-8-5-4-6-11-18(12)15(19)13-9-7-10-14(16-2)17-13/h7,9-10,12H,3-6,8,11H2,1-2H3,(H,16,17). The topological polar surface area (TPSA) is 45.2 Å². The molecule has 0 saturated carbocycles. The first-order chi connectivity index (χ1) is 9.26. The first kappa shape index (κ1) is 13.8. The van der Waals surface area contributed by atoms with Crippen LogP contribution in [0, 0.1) is 0 Å². The van der Waals surface area contributed by atoms with Gasteiger partial charge in [0.25, 0.3) is 5.91 Å². The lowest BCUT2D eigenvalue weighted by Gasteiger charge is -2.29. The number of amides is 1. The third kappa shape index (κ3) is 3.25. The normalized spacial score (nSPS) is 19.9. The maximum atomic E-state index is 12.6. The second-order valence-electron chi connectivity index (χ2n) is 5.07. The molecule has 1 N–H and O–H groups in total. The highest BCUT2D eigenvalue weighted by Gasteiger charge is 2.25. The van der Waals surface area contributed by atoms with E-state index in [-0.39, 0.29) is 5.91 Å². The highest BCUT2D eigenvalue weighted by atomic mass is 16.2. The van der Waals surface area contributed by atoms with Crippen LogP contribution in [0.3, 0.4) is 0 Å². The summed E-state index contributed by atoms with van der Waals surface area (Å²) in [5.41, 5.74) is 0.548. The number of aromatic nitrogens is 1. The number of anilines is 1. The van der Waals surface area contributed by atoms with Crippen LogP contribution in [0.4, 0.5) is 5.82 Å². The number of pyridine rings is 1. The number of nitrogens with zero attached hydrogens (tertiary/aromatic N) is 2. The van der Waals surface area contributed by atoms with Crippen molar-refractivity contribution >= 4 is 11.7 Å². The van der Waals surface area contributed by atoms with Crippen LogP contribution < -0.4 is 5.32 Å². The summed E-state index contributed by atoms with van der Waals surface area (Å²) in [5, 5.41) is 2.98. The van der Waals surface area contributed by atoms with Crippen molar-refractivity contribution in [2.45, 2.75) is 45.1 Å². The first-order valence-corrected chi connectivity index (χ1v) is 7.22. The molecule has 0 aromatic carbocycles. The Bertz CT molecular complexity index is 433. The Labute approximate surface area is 115 Å². The Morgan fingerprint density at radius 3 is 3.00 bits per heavy atom. The Balaban J connectivity index is 2.20. The van der Waals surface area contributed by atoms with Crippen molar-refractivity contribution < 1.29 is 4.79 Å². The van der Waals surface area contributed by atoms with Crippen LogP contribution in [0.25, 0.3) is 0 Å². The Kier molecular flexibility index (Phi) is 4.77. The summed E-state index contributed by atoms with van der Waals surface area (Å²) in [7, 11) is 1.82. The molecule has 1 aliphatic rings. The molecule has 104 valence electrons. The van der Waals surface area contributed by atoms with Gasteiger partial charge in [0.15, 0.2) is 0 Å². The summed E-state index contributed by atoms with van der Waals surface area (Å²) in [6.07, 6.45) is 5.70. The summed E-state index contributed by atoms with van der Waals surface area (Å²) in [6, 6.07) is 5.93. The van der Waals surface area contributed by atoms with Gasteiger partial charge in [0.2, 0.25) is 0 Å². The summed E-state index contributed by atoms with van der Waals surface area (Å²) >= 11 is 0. The summed E-state index contributed by atoms with van der Waals surface area (Å²) in [4.78, 5) is 19.0. The van der Waals surface area contributed by atoms with Crippen molar-refractivity contribution in [2.75, 3.05) is 18.9 Å². The Morgan fingerprint density at radius 2 is 2.26 bits per heavy atom. The summed E-state index contributed by atoms with van der Waals surface area (Å²) in [6.45, 7) is 3.02. The van der Waals surface area contributed by atoms with Gasteiger partial charge in [-0.3, -0.25) is 4.79 Å². The quantitative estimate of drug-likeness (QED) is 0.910. The van der Waals surface area contributed by atoms with Crippen molar-refractivity contribution in [3.05, 3.63) is 23.9 Å². The van der Waals surface area contributed by atoms with Crippen molar-refractivity contribution in [1.29, 1.82) is 0 Å². The van der Waals surface area contributed by atoms with E-state index in [1.54, 1.807) is 6.07 Å². The highest BCUT2D eigenvalue weighted by Crippen LogP contribution is 2.21. The number of likely N-dealkylation sites (tertiary alicyclic amines) is 1. The van der Waals surface area contributed by atoms with Gasteiger partial charge in [-0.15, -0.1) is 0 Å². The van der Waals surface area contributed by atoms with Gasteiger partial charge < -0.3 is 10.2 Å². The second-order valence-corrected chi connectivity index (χ2v) is 5.07. The number of nitrogens with one attached hydrogen (secondary N) is 1. The van der Waals surface area contributed by atoms with Gasteiger partial charge >= 0.3 is 0 Å². The van der Waals surface area contributed by atoms with Gasteiger partial charge in [0.05, 0.1) is 0 Å². The molecular formula is C15H23N3O. The van der Waals surface area contributed by atoms with Crippen LogP contribution in [0.5, 0.6) is 0 Å². The lowest BCUT2D eigenvalue weighted by Crippen LogP contribution is -2.40. The molecule has 0 radical (unpaired) electrons. The minimum Gasteiger partial charge on any atom is -0.373 e. The van der Waals surface area contributed by atoms with Crippen molar-refractivity contribution in [3.63, 3.8) is 0 Å². The van der Waals surface area contributed by atoms with Gasteiger partial charge in [0.1, 0.15) is 11.5 Å². The largest absolute Gasteiger partial charge is 0.373 e. The zero-order valence-corrected chi connectivity index (χ0v) is 11.9. The third-order valence-electron chi connectivity index (χ3n) is 3.83. The molecule has 19 heavy (non-hydrogen) atoms. The fraction of sp³-hybridized carbons (Fsp3) is 0.600. The van der Waals surface area contributed by atoms with Gasteiger partial charge in [-0.25, -0.2) is 4.98 Å². The van der Waals surface area contributed by atoms with Gasteiger partial charge in [-0.1, -0.05) is 25.8 Å². The fourth-order valence-corrected chi connectivity index (χ4v) is 2.71. The molecule has 1 aliphatic heterocycles. The Morgan fingerprint density at radius 1 is 1.42 bits per heavy atom. The SMILES string of the molecule is CCC1CCCCCN1C(=O)c1cccc(NC)n1. The van der Waals surface area contributed by atoms with Gasteiger partial charge in [-0.2, -0.15) is 0 Å². The monoisotopic (exact) mass is 261 g/mol. The van der Waals surface area contributed by atoms with Crippen LogP contribution in [0.15, 0.2) is 18.2 Å². The number of carbonyl (C=O) groups excluding carboxylic acids is 1. The van der Waals surface area contributed by atoms with E-state index in [4.69, 9.17) is 0 Å². The minimum absolute atomic E-state index is 0.0749. The molecule has 1 unspecified atom stereocenters. The van der Waals surface area contributed by atoms with Crippen LogP contribution >= 0.6 is 0 Å². The molecule has 1 amide bonds. The van der Waals surface area contributed by atoms with Crippen molar-refractivity contribution in [1.82, 2.24) is 9.88 Å².